The van der Waals surface area contributed by atoms with Crippen LogP contribution in [0.3, 0.4) is 0 Å². The van der Waals surface area contributed by atoms with Gasteiger partial charge in [-0.3, -0.25) is 14.3 Å². The lowest BCUT2D eigenvalue weighted by Gasteiger charge is -2.07. The first-order valence-electron chi connectivity index (χ1n) is 6.86. The highest BCUT2D eigenvalue weighted by molar-refractivity contribution is 6.03. The van der Waals surface area contributed by atoms with E-state index in [-0.39, 0.29) is 18.4 Å². The van der Waals surface area contributed by atoms with Crippen molar-refractivity contribution in [2.45, 2.75) is 13.5 Å². The molecule has 0 fully saturated rings. The highest BCUT2D eigenvalue weighted by Crippen LogP contribution is 2.14. The molecule has 2 rings (SSSR count). The van der Waals surface area contributed by atoms with E-state index in [9.17, 15) is 9.59 Å². The maximum Gasteiger partial charge on any atom is 0.276 e. The van der Waals surface area contributed by atoms with Crippen LogP contribution >= 0.6 is 0 Å². The molecule has 1 aromatic heterocycles. The SMILES string of the molecule is CCn1ccc(C(=O)Nc2ccc(NC(=O)COC)cc2)n1. The van der Waals surface area contributed by atoms with Crippen LogP contribution in [-0.4, -0.2) is 35.3 Å². The fourth-order valence-electron chi connectivity index (χ4n) is 1.82. The summed E-state index contributed by atoms with van der Waals surface area (Å²) in [5, 5.41) is 9.56. The summed E-state index contributed by atoms with van der Waals surface area (Å²) in [5.41, 5.74) is 1.62. The van der Waals surface area contributed by atoms with Crippen LogP contribution in [-0.2, 0) is 16.1 Å². The Hall–Kier alpha value is -2.67. The van der Waals surface area contributed by atoms with Crippen LogP contribution in [0.1, 0.15) is 17.4 Å². The van der Waals surface area contributed by atoms with Crippen LogP contribution < -0.4 is 10.6 Å². The topological polar surface area (TPSA) is 85.2 Å². The number of hydrogen-bond donors (Lipinski definition) is 2. The van der Waals surface area contributed by atoms with Crippen LogP contribution in [0, 0.1) is 0 Å². The molecular weight excluding hydrogens is 284 g/mol. The summed E-state index contributed by atoms with van der Waals surface area (Å²) >= 11 is 0. The van der Waals surface area contributed by atoms with Crippen LogP contribution in [0.15, 0.2) is 36.5 Å². The third-order valence-corrected chi connectivity index (χ3v) is 2.90. The summed E-state index contributed by atoms with van der Waals surface area (Å²) in [4.78, 5) is 23.4. The molecule has 7 nitrogen and oxygen atoms in total. The minimum absolute atomic E-state index is 0.00141. The van der Waals surface area contributed by atoms with Gasteiger partial charge in [0.15, 0.2) is 5.69 Å². The fourth-order valence-corrected chi connectivity index (χ4v) is 1.82. The van der Waals surface area contributed by atoms with Gasteiger partial charge in [0.05, 0.1) is 0 Å². The number of anilines is 2. The third-order valence-electron chi connectivity index (χ3n) is 2.90. The number of hydrogen-bond acceptors (Lipinski definition) is 4. The van der Waals surface area contributed by atoms with Gasteiger partial charge in [-0.15, -0.1) is 0 Å². The number of carbonyl (C=O) groups excluding carboxylic acids is 2. The molecule has 0 aliphatic rings. The average Bonchev–Trinajstić information content (AvgIpc) is 2.98. The van der Waals surface area contributed by atoms with E-state index in [1.165, 1.54) is 7.11 Å². The molecule has 0 spiro atoms. The molecule has 7 heteroatoms. The maximum absolute atomic E-state index is 12.0. The van der Waals surface area contributed by atoms with Crippen LogP contribution in [0.4, 0.5) is 11.4 Å². The number of aryl methyl sites for hydroxylation is 1. The van der Waals surface area contributed by atoms with E-state index in [1.807, 2.05) is 6.92 Å². The zero-order valence-corrected chi connectivity index (χ0v) is 12.5. The Labute approximate surface area is 128 Å². The lowest BCUT2D eigenvalue weighted by atomic mass is 10.2. The number of ether oxygens (including phenoxy) is 1. The van der Waals surface area contributed by atoms with Gasteiger partial charge in [0.2, 0.25) is 5.91 Å². The van der Waals surface area contributed by atoms with E-state index in [1.54, 1.807) is 41.2 Å². The van der Waals surface area contributed by atoms with Crippen molar-refractivity contribution >= 4 is 23.2 Å². The zero-order chi connectivity index (χ0) is 15.9. The second kappa shape index (κ2) is 7.37. The molecule has 0 radical (unpaired) electrons. The van der Waals surface area contributed by atoms with E-state index >= 15 is 0 Å². The Morgan fingerprint density at radius 2 is 1.77 bits per heavy atom. The lowest BCUT2D eigenvalue weighted by molar-refractivity contribution is -0.119. The van der Waals surface area contributed by atoms with Crippen molar-refractivity contribution < 1.29 is 14.3 Å². The number of rotatable bonds is 6. The Bertz CT molecular complexity index is 649. The monoisotopic (exact) mass is 302 g/mol. The number of amides is 2. The van der Waals surface area contributed by atoms with Gasteiger partial charge >= 0.3 is 0 Å². The Morgan fingerprint density at radius 1 is 1.14 bits per heavy atom. The van der Waals surface area contributed by atoms with Gasteiger partial charge in [-0.25, -0.2) is 0 Å². The van der Waals surface area contributed by atoms with Gasteiger partial charge in [-0.05, 0) is 37.3 Å². The van der Waals surface area contributed by atoms with E-state index < -0.39 is 0 Å². The highest BCUT2D eigenvalue weighted by atomic mass is 16.5. The van der Waals surface area contributed by atoms with Gasteiger partial charge in [0.1, 0.15) is 6.61 Å². The van der Waals surface area contributed by atoms with E-state index in [4.69, 9.17) is 4.74 Å². The number of carbonyl (C=O) groups is 2. The molecule has 1 aromatic carbocycles. The Kier molecular flexibility index (Phi) is 5.26. The van der Waals surface area contributed by atoms with E-state index in [0.29, 0.717) is 23.6 Å². The van der Waals surface area contributed by atoms with Gasteiger partial charge in [0, 0.05) is 31.2 Å². The van der Waals surface area contributed by atoms with Gasteiger partial charge in [0.25, 0.3) is 5.91 Å². The second-order valence-corrected chi connectivity index (χ2v) is 4.57. The third kappa shape index (κ3) is 4.16. The molecule has 0 aliphatic carbocycles. The quantitative estimate of drug-likeness (QED) is 0.851. The first-order chi connectivity index (χ1) is 10.6. The molecule has 2 N–H and O–H groups in total. The Morgan fingerprint density at radius 3 is 2.32 bits per heavy atom. The van der Waals surface area contributed by atoms with Gasteiger partial charge in [-0.1, -0.05) is 0 Å². The molecule has 0 unspecified atom stereocenters. The van der Waals surface area contributed by atoms with Gasteiger partial charge < -0.3 is 15.4 Å². The lowest BCUT2D eigenvalue weighted by Crippen LogP contribution is -2.17. The molecule has 1 heterocycles. The van der Waals surface area contributed by atoms with Crippen molar-refractivity contribution in [3.05, 3.63) is 42.2 Å². The molecule has 2 aromatic rings. The summed E-state index contributed by atoms with van der Waals surface area (Å²) < 4.78 is 6.42. The average molecular weight is 302 g/mol. The fraction of sp³-hybridized carbons (Fsp3) is 0.267. The zero-order valence-electron chi connectivity index (χ0n) is 12.5. The second-order valence-electron chi connectivity index (χ2n) is 4.57. The van der Waals surface area contributed by atoms with Crippen molar-refractivity contribution in [1.82, 2.24) is 9.78 Å². The van der Waals surface area contributed by atoms with E-state index in [2.05, 4.69) is 15.7 Å². The largest absolute Gasteiger partial charge is 0.375 e. The molecule has 0 saturated carbocycles. The summed E-state index contributed by atoms with van der Waals surface area (Å²) in [5.74, 6) is -0.507. The minimum atomic E-state index is -0.275. The summed E-state index contributed by atoms with van der Waals surface area (Å²) in [6, 6.07) is 8.48. The van der Waals surface area contributed by atoms with Crippen molar-refractivity contribution in [1.29, 1.82) is 0 Å². The standard InChI is InChI=1S/C15H18N4O3/c1-3-19-9-8-13(18-19)15(21)17-12-6-4-11(5-7-12)16-14(20)10-22-2/h4-9H,3,10H2,1-2H3,(H,16,20)(H,17,21). The summed E-state index contributed by atoms with van der Waals surface area (Å²) in [6.07, 6.45) is 1.75. The first kappa shape index (κ1) is 15.7. The van der Waals surface area contributed by atoms with Crippen LogP contribution in [0.5, 0.6) is 0 Å². The normalized spacial score (nSPS) is 10.3. The molecule has 116 valence electrons. The summed E-state index contributed by atoms with van der Waals surface area (Å²) in [7, 11) is 1.46. The molecule has 0 aliphatic heterocycles. The van der Waals surface area contributed by atoms with Crippen molar-refractivity contribution in [2.24, 2.45) is 0 Å². The number of aromatic nitrogens is 2. The summed E-state index contributed by atoms with van der Waals surface area (Å²) in [6.45, 7) is 2.66. The predicted octanol–water partition coefficient (Wildman–Crippen LogP) is 1.74. The maximum atomic E-state index is 12.0. The molecule has 22 heavy (non-hydrogen) atoms. The highest BCUT2D eigenvalue weighted by Gasteiger charge is 2.09. The molecule has 2 amide bonds. The van der Waals surface area contributed by atoms with Crippen molar-refractivity contribution in [3.63, 3.8) is 0 Å². The Balaban J connectivity index is 1.95. The number of nitrogens with one attached hydrogen (secondary N) is 2. The molecule has 0 atom stereocenters. The van der Waals surface area contributed by atoms with Crippen LogP contribution in [0.2, 0.25) is 0 Å². The number of methoxy groups -OCH3 is 1. The molecule has 0 saturated heterocycles. The van der Waals surface area contributed by atoms with Crippen molar-refractivity contribution in [3.8, 4) is 0 Å². The first-order valence-corrected chi connectivity index (χ1v) is 6.86. The van der Waals surface area contributed by atoms with E-state index in [0.717, 1.165) is 0 Å². The molecule has 0 bridgehead atoms. The van der Waals surface area contributed by atoms with Crippen molar-refractivity contribution in [2.75, 3.05) is 24.4 Å². The predicted molar refractivity (Wildman–Crippen MR) is 82.8 cm³/mol. The number of nitrogens with zero attached hydrogens (tertiary/aromatic N) is 2. The smallest absolute Gasteiger partial charge is 0.276 e. The molecular formula is C15H18N4O3. The minimum Gasteiger partial charge on any atom is -0.375 e. The van der Waals surface area contributed by atoms with Gasteiger partial charge in [-0.2, -0.15) is 5.10 Å². The number of benzene rings is 1. The van der Waals surface area contributed by atoms with Crippen LogP contribution in [0.25, 0.3) is 0 Å².